The normalized spacial score (nSPS) is 12.3. The van der Waals surface area contributed by atoms with Crippen LogP contribution in [0.5, 0.6) is 0 Å². The third-order valence-corrected chi connectivity index (χ3v) is 3.68. The highest BCUT2D eigenvalue weighted by molar-refractivity contribution is 5.81. The lowest BCUT2D eigenvalue weighted by Gasteiger charge is -2.28. The lowest BCUT2D eigenvalue weighted by Crippen LogP contribution is -2.42. The number of nitrogens with zero attached hydrogens (tertiary/aromatic N) is 1. The van der Waals surface area contributed by atoms with E-state index < -0.39 is 5.41 Å². The fourth-order valence-electron chi connectivity index (χ4n) is 2.06. The van der Waals surface area contributed by atoms with Crippen LogP contribution in [0.2, 0.25) is 0 Å². The summed E-state index contributed by atoms with van der Waals surface area (Å²) in [7, 11) is 1.83. The van der Waals surface area contributed by atoms with Crippen molar-refractivity contribution in [1.82, 2.24) is 4.90 Å². The van der Waals surface area contributed by atoms with Crippen LogP contribution in [-0.2, 0) is 16.8 Å². The summed E-state index contributed by atoms with van der Waals surface area (Å²) < 4.78 is 0. The van der Waals surface area contributed by atoms with Crippen LogP contribution in [0.4, 0.5) is 0 Å². The van der Waals surface area contributed by atoms with Gasteiger partial charge < -0.3 is 10.6 Å². The molecule has 1 aromatic carbocycles. The molecule has 3 heteroatoms. The number of amides is 1. The minimum atomic E-state index is -0.500. The first kappa shape index (κ1) is 16.7. The Hall–Kier alpha value is -1.35. The number of carbonyl (C=O) groups excluding carboxylic acids is 1. The number of rotatable bonds is 4. The summed E-state index contributed by atoms with van der Waals surface area (Å²) in [5, 5.41) is 0. The predicted octanol–water partition coefficient (Wildman–Crippen LogP) is 2.93. The molecule has 2 N–H and O–H groups in total. The molecular formula is C17H28N2O. The van der Waals surface area contributed by atoms with Crippen LogP contribution in [-0.4, -0.2) is 24.4 Å². The van der Waals surface area contributed by atoms with E-state index in [-0.39, 0.29) is 11.3 Å². The molecule has 112 valence electrons. The first-order valence-corrected chi connectivity index (χ1v) is 7.13. The zero-order chi connectivity index (χ0) is 15.6. The van der Waals surface area contributed by atoms with Crippen molar-refractivity contribution < 1.29 is 4.79 Å². The zero-order valence-electron chi connectivity index (χ0n) is 13.7. The molecule has 0 fully saturated rings. The summed E-state index contributed by atoms with van der Waals surface area (Å²) in [6, 6.07) is 8.48. The van der Waals surface area contributed by atoms with E-state index >= 15 is 0 Å². The summed E-state index contributed by atoms with van der Waals surface area (Å²) in [4.78, 5) is 14.0. The second-order valence-corrected chi connectivity index (χ2v) is 7.20. The Morgan fingerprint density at radius 3 is 2.00 bits per heavy atom. The van der Waals surface area contributed by atoms with Crippen molar-refractivity contribution in [3.8, 4) is 0 Å². The van der Waals surface area contributed by atoms with Gasteiger partial charge in [-0.2, -0.15) is 0 Å². The first-order chi connectivity index (χ1) is 9.08. The Labute approximate surface area is 123 Å². The van der Waals surface area contributed by atoms with Gasteiger partial charge in [-0.05, 0) is 30.4 Å². The number of benzene rings is 1. The van der Waals surface area contributed by atoms with Crippen molar-refractivity contribution >= 4 is 5.91 Å². The van der Waals surface area contributed by atoms with Crippen molar-refractivity contribution in [2.75, 3.05) is 13.6 Å². The summed E-state index contributed by atoms with van der Waals surface area (Å²) in [5.74, 6) is 0.0832. The smallest absolute Gasteiger partial charge is 0.229 e. The highest BCUT2D eigenvalue weighted by Gasteiger charge is 2.28. The van der Waals surface area contributed by atoms with Gasteiger partial charge in [0.25, 0.3) is 0 Å². The Kier molecular flexibility index (Phi) is 4.98. The van der Waals surface area contributed by atoms with Gasteiger partial charge in [0.2, 0.25) is 5.91 Å². The summed E-state index contributed by atoms with van der Waals surface area (Å²) in [5.41, 5.74) is 7.76. The van der Waals surface area contributed by atoms with E-state index in [1.807, 2.05) is 20.9 Å². The molecule has 0 atom stereocenters. The van der Waals surface area contributed by atoms with Crippen LogP contribution in [0.3, 0.4) is 0 Å². The van der Waals surface area contributed by atoms with E-state index in [9.17, 15) is 4.79 Å². The number of carbonyl (C=O) groups is 1. The quantitative estimate of drug-likeness (QED) is 0.919. The summed E-state index contributed by atoms with van der Waals surface area (Å²) in [6.45, 7) is 11.3. The van der Waals surface area contributed by atoms with Crippen molar-refractivity contribution in [2.45, 2.75) is 46.6 Å². The molecule has 1 aromatic rings. The molecule has 0 bridgehead atoms. The molecule has 0 unspecified atom stereocenters. The Morgan fingerprint density at radius 1 is 1.10 bits per heavy atom. The molecule has 3 nitrogen and oxygen atoms in total. The lowest BCUT2D eigenvalue weighted by molar-refractivity contribution is -0.139. The second kappa shape index (κ2) is 5.96. The van der Waals surface area contributed by atoms with Crippen LogP contribution in [0.25, 0.3) is 0 Å². The summed E-state index contributed by atoms with van der Waals surface area (Å²) in [6.07, 6.45) is 0. The van der Waals surface area contributed by atoms with E-state index in [2.05, 4.69) is 45.0 Å². The molecule has 0 aliphatic heterocycles. The maximum atomic E-state index is 12.3. The number of hydrogen-bond acceptors (Lipinski definition) is 2. The van der Waals surface area contributed by atoms with Gasteiger partial charge in [-0.25, -0.2) is 0 Å². The lowest BCUT2D eigenvalue weighted by atomic mass is 9.86. The van der Waals surface area contributed by atoms with E-state index in [0.29, 0.717) is 13.1 Å². The fraction of sp³-hybridized carbons (Fsp3) is 0.588. The zero-order valence-corrected chi connectivity index (χ0v) is 13.7. The van der Waals surface area contributed by atoms with Crippen molar-refractivity contribution in [3.05, 3.63) is 35.4 Å². The molecule has 0 aliphatic rings. The van der Waals surface area contributed by atoms with Gasteiger partial charge in [-0.15, -0.1) is 0 Å². The molecule has 20 heavy (non-hydrogen) atoms. The number of hydrogen-bond donors (Lipinski definition) is 1. The van der Waals surface area contributed by atoms with E-state index in [1.54, 1.807) is 4.90 Å². The Morgan fingerprint density at radius 2 is 1.60 bits per heavy atom. The average molecular weight is 276 g/mol. The number of nitrogens with two attached hydrogens (primary N) is 1. The Balaban J connectivity index is 2.77. The van der Waals surface area contributed by atoms with Crippen molar-refractivity contribution in [3.63, 3.8) is 0 Å². The maximum absolute atomic E-state index is 12.3. The topological polar surface area (TPSA) is 46.3 Å². The molecule has 0 aromatic heterocycles. The minimum absolute atomic E-state index is 0.0832. The molecule has 0 saturated heterocycles. The van der Waals surface area contributed by atoms with Gasteiger partial charge in [0.1, 0.15) is 0 Å². The van der Waals surface area contributed by atoms with Gasteiger partial charge in [-0.3, -0.25) is 4.79 Å². The Bertz CT molecular complexity index is 455. The molecule has 0 saturated carbocycles. The van der Waals surface area contributed by atoms with Gasteiger partial charge in [0.15, 0.2) is 0 Å². The van der Waals surface area contributed by atoms with Crippen LogP contribution in [0.15, 0.2) is 24.3 Å². The third-order valence-electron chi connectivity index (χ3n) is 3.68. The van der Waals surface area contributed by atoms with Crippen LogP contribution in [0.1, 0.15) is 45.7 Å². The first-order valence-electron chi connectivity index (χ1n) is 7.13. The molecule has 0 radical (unpaired) electrons. The fourth-order valence-corrected chi connectivity index (χ4v) is 2.06. The molecule has 1 rings (SSSR count). The molecular weight excluding hydrogens is 248 g/mol. The molecule has 0 spiro atoms. The summed E-state index contributed by atoms with van der Waals surface area (Å²) >= 11 is 0. The van der Waals surface area contributed by atoms with Crippen molar-refractivity contribution in [1.29, 1.82) is 0 Å². The highest BCUT2D eigenvalue weighted by atomic mass is 16.2. The average Bonchev–Trinajstić information content (AvgIpc) is 2.37. The molecule has 0 aliphatic carbocycles. The van der Waals surface area contributed by atoms with E-state index in [1.165, 1.54) is 5.56 Å². The third kappa shape index (κ3) is 4.07. The largest absolute Gasteiger partial charge is 0.341 e. The van der Waals surface area contributed by atoms with Crippen LogP contribution < -0.4 is 5.73 Å². The second-order valence-electron chi connectivity index (χ2n) is 7.20. The van der Waals surface area contributed by atoms with Crippen molar-refractivity contribution in [2.24, 2.45) is 11.1 Å². The maximum Gasteiger partial charge on any atom is 0.229 e. The molecule has 0 heterocycles. The SMILES string of the molecule is CN(Cc1ccc(C(C)(C)C)cc1)C(=O)C(C)(C)CN. The standard InChI is InChI=1S/C17H28N2O/c1-16(2,3)14-9-7-13(8-10-14)11-19(6)15(20)17(4,5)12-18/h7-10H,11-12,18H2,1-6H3. The predicted molar refractivity (Wildman–Crippen MR) is 84.5 cm³/mol. The van der Waals surface area contributed by atoms with Gasteiger partial charge >= 0.3 is 0 Å². The minimum Gasteiger partial charge on any atom is -0.341 e. The van der Waals surface area contributed by atoms with Crippen LogP contribution >= 0.6 is 0 Å². The van der Waals surface area contributed by atoms with E-state index in [4.69, 9.17) is 5.73 Å². The molecule has 1 amide bonds. The van der Waals surface area contributed by atoms with Crippen LogP contribution in [0, 0.1) is 5.41 Å². The van der Waals surface area contributed by atoms with E-state index in [0.717, 1.165) is 5.56 Å². The van der Waals surface area contributed by atoms with Gasteiger partial charge in [0, 0.05) is 20.1 Å². The van der Waals surface area contributed by atoms with Gasteiger partial charge in [0.05, 0.1) is 5.41 Å². The highest BCUT2D eigenvalue weighted by Crippen LogP contribution is 2.23. The van der Waals surface area contributed by atoms with Gasteiger partial charge in [-0.1, -0.05) is 45.0 Å². The monoisotopic (exact) mass is 276 g/mol.